The molecule has 0 aliphatic heterocycles. The fourth-order valence-corrected chi connectivity index (χ4v) is 0.411. The number of alkyl halides is 1. The van der Waals surface area contributed by atoms with E-state index in [0.29, 0.717) is 12.2 Å². The molecule has 0 rings (SSSR count). The summed E-state index contributed by atoms with van der Waals surface area (Å²) in [6.45, 7) is 0. The Kier molecular flexibility index (Phi) is 4.50. The third kappa shape index (κ3) is 2.85. The van der Waals surface area contributed by atoms with Gasteiger partial charge in [-0.25, -0.2) is 0 Å². The topological polar surface area (TPSA) is 18.5 Å². The van der Waals surface area contributed by atoms with Crippen molar-refractivity contribution in [1.29, 1.82) is 0 Å². The Morgan fingerprint density at radius 1 is 1.43 bits per heavy atom. The third-order valence-electron chi connectivity index (χ3n) is 0.564. The molecule has 0 bridgehead atoms. The molecule has 0 aliphatic carbocycles. The zero-order valence-corrected chi connectivity index (χ0v) is 5.16. The molecule has 0 unspecified atom stereocenters. The van der Waals surface area contributed by atoms with E-state index < -0.39 is 0 Å². The molecule has 0 saturated heterocycles. The lowest BCUT2D eigenvalue weighted by Gasteiger charge is -2.04. The summed E-state index contributed by atoms with van der Waals surface area (Å²) in [5, 5.41) is 0. The van der Waals surface area contributed by atoms with Crippen LogP contribution in [0.5, 0.6) is 0 Å². The molecule has 0 atom stereocenters. The molecule has 2 nitrogen and oxygen atoms in total. The second kappa shape index (κ2) is 4.37. The fourth-order valence-electron chi connectivity index (χ4n) is 0.192. The molecule has 0 amide bonds. The Balaban J connectivity index is 2.99. The zero-order chi connectivity index (χ0) is 5.70. The monoisotopic (exact) mass is 123 g/mol. The van der Waals surface area contributed by atoms with Crippen LogP contribution in [0.25, 0.3) is 0 Å². The van der Waals surface area contributed by atoms with Gasteiger partial charge in [0, 0.05) is 14.2 Å². The first-order valence-corrected chi connectivity index (χ1v) is 2.38. The second-order valence-corrected chi connectivity index (χ2v) is 1.18. The summed E-state index contributed by atoms with van der Waals surface area (Å²) in [6, 6.07) is 0. The summed E-state index contributed by atoms with van der Waals surface area (Å²) < 4.78 is 9.22. The molecule has 0 aliphatic rings. The minimum atomic E-state index is 0.299. The largest absolute Gasteiger partial charge is 0.348 e. The van der Waals surface area contributed by atoms with Gasteiger partial charge >= 0.3 is 0 Å². The maximum atomic E-state index is 5.28. The van der Waals surface area contributed by atoms with Crippen LogP contribution < -0.4 is 0 Å². The molecule has 43 valence electrons. The lowest BCUT2D eigenvalue weighted by atomic mass is 10.7. The highest BCUT2D eigenvalue weighted by Gasteiger charge is 2.01. The number of rotatable bonds is 3. The number of methoxy groups -OCH3 is 2. The van der Waals surface area contributed by atoms with E-state index in [9.17, 15) is 0 Å². The van der Waals surface area contributed by atoms with Crippen molar-refractivity contribution in [3.63, 3.8) is 0 Å². The molecule has 3 heteroatoms. The van der Waals surface area contributed by atoms with E-state index in [0.717, 1.165) is 0 Å². The summed E-state index contributed by atoms with van der Waals surface area (Å²) in [5.41, 5.74) is 0. The standard InChI is InChI=1S/C4H8ClO2/c1-6-4(3-5)7-2/h3H2,1-2H3. The first-order valence-electron chi connectivity index (χ1n) is 1.85. The van der Waals surface area contributed by atoms with Crippen LogP contribution in [0.15, 0.2) is 0 Å². The summed E-state index contributed by atoms with van der Waals surface area (Å²) in [5.74, 6) is 0.299. The van der Waals surface area contributed by atoms with Crippen LogP contribution >= 0.6 is 11.6 Å². The van der Waals surface area contributed by atoms with Crippen molar-refractivity contribution < 1.29 is 9.47 Å². The Hall–Kier alpha value is 0.210. The molecular weight excluding hydrogens is 115 g/mol. The Morgan fingerprint density at radius 3 is 1.86 bits per heavy atom. The summed E-state index contributed by atoms with van der Waals surface area (Å²) >= 11 is 5.28. The predicted molar refractivity (Wildman–Crippen MR) is 28.0 cm³/mol. The smallest absolute Gasteiger partial charge is 0.238 e. The summed E-state index contributed by atoms with van der Waals surface area (Å²) in [6.07, 6.45) is 0.446. The SMILES string of the molecule is CO[C](CCl)OC. The van der Waals surface area contributed by atoms with Gasteiger partial charge in [0.25, 0.3) is 0 Å². The average Bonchev–Trinajstić information content (AvgIpc) is 1.72. The second-order valence-electron chi connectivity index (χ2n) is 0.914. The average molecular weight is 124 g/mol. The maximum Gasteiger partial charge on any atom is 0.238 e. The molecule has 0 aromatic heterocycles. The molecule has 1 radical (unpaired) electrons. The molecule has 0 spiro atoms. The van der Waals surface area contributed by atoms with Crippen LogP contribution in [-0.2, 0) is 9.47 Å². The number of ether oxygens (including phenoxy) is 2. The van der Waals surface area contributed by atoms with E-state index in [1.54, 1.807) is 0 Å². The number of hydrogen-bond acceptors (Lipinski definition) is 2. The Morgan fingerprint density at radius 2 is 1.86 bits per heavy atom. The van der Waals surface area contributed by atoms with Crippen LogP contribution in [-0.4, -0.2) is 20.1 Å². The van der Waals surface area contributed by atoms with Crippen LogP contribution in [0.3, 0.4) is 0 Å². The van der Waals surface area contributed by atoms with Gasteiger partial charge in [0.1, 0.15) is 0 Å². The molecule has 0 saturated carbocycles. The first-order chi connectivity index (χ1) is 3.35. The van der Waals surface area contributed by atoms with Crippen molar-refractivity contribution in [2.24, 2.45) is 0 Å². The van der Waals surface area contributed by atoms with Gasteiger partial charge in [-0.2, -0.15) is 0 Å². The van der Waals surface area contributed by atoms with E-state index in [1.165, 1.54) is 14.2 Å². The van der Waals surface area contributed by atoms with Gasteiger partial charge in [-0.05, 0) is 0 Å². The minimum Gasteiger partial charge on any atom is -0.348 e. The predicted octanol–water partition coefficient (Wildman–Crippen LogP) is 1.01. The molecule has 0 heterocycles. The molecular formula is C4H8ClO2. The molecule has 0 aromatic carbocycles. The van der Waals surface area contributed by atoms with Crippen molar-refractivity contribution >= 4 is 11.6 Å². The third-order valence-corrected chi connectivity index (χ3v) is 0.783. The Bertz CT molecular complexity index is 31.2. The van der Waals surface area contributed by atoms with Gasteiger partial charge in [-0.1, -0.05) is 0 Å². The van der Waals surface area contributed by atoms with Gasteiger partial charge in [-0.15, -0.1) is 11.6 Å². The molecule has 7 heavy (non-hydrogen) atoms. The fraction of sp³-hybridized carbons (Fsp3) is 0.750. The summed E-state index contributed by atoms with van der Waals surface area (Å²) in [7, 11) is 3.03. The highest BCUT2D eigenvalue weighted by molar-refractivity contribution is 6.18. The normalized spacial score (nSPS) is 10.3. The van der Waals surface area contributed by atoms with Crippen molar-refractivity contribution in [3.05, 3.63) is 6.29 Å². The van der Waals surface area contributed by atoms with Crippen molar-refractivity contribution in [3.8, 4) is 0 Å². The van der Waals surface area contributed by atoms with Crippen LogP contribution in [0.4, 0.5) is 0 Å². The first kappa shape index (κ1) is 7.21. The number of halogens is 1. The van der Waals surface area contributed by atoms with E-state index in [-0.39, 0.29) is 0 Å². The van der Waals surface area contributed by atoms with Crippen molar-refractivity contribution in [1.82, 2.24) is 0 Å². The quantitative estimate of drug-likeness (QED) is 0.522. The van der Waals surface area contributed by atoms with Gasteiger partial charge < -0.3 is 9.47 Å². The number of hydrogen-bond donors (Lipinski definition) is 0. The van der Waals surface area contributed by atoms with Gasteiger partial charge in [0.05, 0.1) is 5.88 Å². The van der Waals surface area contributed by atoms with Crippen molar-refractivity contribution in [2.75, 3.05) is 20.1 Å². The van der Waals surface area contributed by atoms with E-state index in [4.69, 9.17) is 11.6 Å². The van der Waals surface area contributed by atoms with Gasteiger partial charge in [0.15, 0.2) is 0 Å². The van der Waals surface area contributed by atoms with E-state index in [1.807, 2.05) is 0 Å². The van der Waals surface area contributed by atoms with E-state index >= 15 is 0 Å². The lowest BCUT2D eigenvalue weighted by molar-refractivity contribution is 0.0160. The van der Waals surface area contributed by atoms with Crippen LogP contribution in [0.2, 0.25) is 0 Å². The highest BCUT2D eigenvalue weighted by Crippen LogP contribution is 2.01. The highest BCUT2D eigenvalue weighted by atomic mass is 35.5. The molecule has 0 fully saturated rings. The molecule has 0 aromatic rings. The van der Waals surface area contributed by atoms with E-state index in [2.05, 4.69) is 9.47 Å². The minimum absolute atomic E-state index is 0.299. The maximum absolute atomic E-state index is 5.28. The lowest BCUT2D eigenvalue weighted by Crippen LogP contribution is -2.02. The van der Waals surface area contributed by atoms with Crippen LogP contribution in [0.1, 0.15) is 0 Å². The Labute approximate surface area is 48.4 Å². The molecule has 0 N–H and O–H groups in total. The van der Waals surface area contributed by atoms with Gasteiger partial charge in [0.2, 0.25) is 6.29 Å². The summed E-state index contributed by atoms with van der Waals surface area (Å²) in [4.78, 5) is 0. The zero-order valence-electron chi connectivity index (χ0n) is 4.40. The van der Waals surface area contributed by atoms with Crippen LogP contribution in [0, 0.1) is 6.29 Å². The van der Waals surface area contributed by atoms with Crippen molar-refractivity contribution in [2.45, 2.75) is 0 Å². The van der Waals surface area contributed by atoms with Gasteiger partial charge in [-0.3, -0.25) is 0 Å².